The van der Waals surface area contributed by atoms with Crippen molar-refractivity contribution in [2.24, 2.45) is 5.41 Å². The number of hydrogen-bond acceptors (Lipinski definition) is 3. The van der Waals surface area contributed by atoms with Gasteiger partial charge in [-0.3, -0.25) is 9.59 Å². The second-order valence-electron chi connectivity index (χ2n) is 5.39. The fraction of sp³-hybridized carbons (Fsp3) is 0.846. The molecule has 0 bridgehead atoms. The second-order valence-corrected chi connectivity index (χ2v) is 5.39. The van der Waals surface area contributed by atoms with E-state index in [1.165, 1.54) is 0 Å². The molecule has 2 unspecified atom stereocenters. The van der Waals surface area contributed by atoms with Crippen LogP contribution in [-0.2, 0) is 9.59 Å². The predicted molar refractivity (Wildman–Crippen MR) is 78.4 cm³/mol. The molecule has 1 aliphatic heterocycles. The normalized spacial score (nSPS) is 24.0. The van der Waals surface area contributed by atoms with E-state index in [1.54, 1.807) is 18.9 Å². The van der Waals surface area contributed by atoms with Gasteiger partial charge in [0.1, 0.15) is 6.04 Å². The number of carbonyl (C=O) groups is 2. The van der Waals surface area contributed by atoms with E-state index in [1.807, 2.05) is 13.8 Å². The molecule has 2 N–H and O–H groups in total. The molecule has 0 aliphatic carbocycles. The number of nitrogens with zero attached hydrogens (tertiary/aromatic N) is 1. The quantitative estimate of drug-likeness (QED) is 0.805. The van der Waals surface area contributed by atoms with Crippen LogP contribution in [-0.4, -0.2) is 49.4 Å². The monoisotopic (exact) mass is 291 g/mol. The van der Waals surface area contributed by atoms with Gasteiger partial charge in [-0.2, -0.15) is 0 Å². The maximum absolute atomic E-state index is 12.2. The fourth-order valence-electron chi connectivity index (χ4n) is 2.17. The minimum Gasteiger partial charge on any atom is -0.344 e. The van der Waals surface area contributed by atoms with Crippen molar-refractivity contribution in [3.63, 3.8) is 0 Å². The van der Waals surface area contributed by atoms with E-state index in [9.17, 15) is 9.59 Å². The first kappa shape index (κ1) is 18.2. The van der Waals surface area contributed by atoms with Crippen LogP contribution in [0, 0.1) is 5.41 Å². The topological polar surface area (TPSA) is 61.4 Å². The van der Waals surface area contributed by atoms with Gasteiger partial charge in [0.15, 0.2) is 0 Å². The summed E-state index contributed by atoms with van der Waals surface area (Å²) >= 11 is 0. The van der Waals surface area contributed by atoms with Crippen LogP contribution in [0.4, 0.5) is 0 Å². The van der Waals surface area contributed by atoms with Crippen LogP contribution in [0.2, 0.25) is 0 Å². The van der Waals surface area contributed by atoms with Crippen LogP contribution in [0.5, 0.6) is 0 Å². The van der Waals surface area contributed by atoms with Crippen molar-refractivity contribution in [3.8, 4) is 0 Å². The Hall–Kier alpha value is -0.810. The zero-order valence-electron chi connectivity index (χ0n) is 12.3. The van der Waals surface area contributed by atoms with E-state index in [2.05, 4.69) is 10.6 Å². The molecule has 112 valence electrons. The predicted octanol–water partition coefficient (Wildman–Crippen LogP) is 0.781. The maximum Gasteiger partial charge on any atom is 0.244 e. The van der Waals surface area contributed by atoms with E-state index in [-0.39, 0.29) is 24.2 Å². The molecule has 1 aliphatic rings. The first-order valence-electron chi connectivity index (χ1n) is 6.67. The summed E-state index contributed by atoms with van der Waals surface area (Å²) in [6.07, 6.45) is 1.87. The summed E-state index contributed by atoms with van der Waals surface area (Å²) in [6.45, 7) is 7.91. The Kier molecular flexibility index (Phi) is 7.37. The van der Waals surface area contributed by atoms with Crippen molar-refractivity contribution in [1.29, 1.82) is 0 Å². The van der Waals surface area contributed by atoms with Crippen molar-refractivity contribution in [1.82, 2.24) is 15.5 Å². The smallest absolute Gasteiger partial charge is 0.244 e. The summed E-state index contributed by atoms with van der Waals surface area (Å²) in [5.41, 5.74) is -0.391. The molecule has 2 atom stereocenters. The third kappa shape index (κ3) is 4.66. The zero-order valence-corrected chi connectivity index (χ0v) is 13.1. The molecular formula is C13H26ClN3O2. The fourth-order valence-corrected chi connectivity index (χ4v) is 2.17. The SMILES string of the molecule is CCN(C)C(=O)C(C)NC(=O)C1(C)CCCNC1.Cl. The average molecular weight is 292 g/mol. The standard InChI is InChI=1S/C13H25N3O2.ClH/c1-5-16(4)11(17)10(2)15-12(18)13(3)7-6-8-14-9-13;/h10,14H,5-9H2,1-4H3,(H,15,18);1H. The molecule has 6 heteroatoms. The Morgan fingerprint density at radius 2 is 2.11 bits per heavy atom. The number of halogens is 1. The highest BCUT2D eigenvalue weighted by Gasteiger charge is 2.36. The lowest BCUT2D eigenvalue weighted by Gasteiger charge is -2.34. The number of piperidine rings is 1. The number of hydrogen-bond donors (Lipinski definition) is 2. The molecule has 0 aromatic heterocycles. The Morgan fingerprint density at radius 1 is 1.47 bits per heavy atom. The molecular weight excluding hydrogens is 266 g/mol. The van der Waals surface area contributed by atoms with Gasteiger partial charge in [0.25, 0.3) is 0 Å². The number of likely N-dealkylation sites (N-methyl/N-ethyl adjacent to an activating group) is 1. The van der Waals surface area contributed by atoms with Gasteiger partial charge in [-0.25, -0.2) is 0 Å². The van der Waals surface area contributed by atoms with E-state index in [0.717, 1.165) is 19.4 Å². The summed E-state index contributed by atoms with van der Waals surface area (Å²) in [4.78, 5) is 25.7. The highest BCUT2D eigenvalue weighted by atomic mass is 35.5. The van der Waals surface area contributed by atoms with Crippen LogP contribution >= 0.6 is 12.4 Å². The van der Waals surface area contributed by atoms with Crippen LogP contribution in [0.25, 0.3) is 0 Å². The summed E-state index contributed by atoms with van der Waals surface area (Å²) in [6, 6.07) is -0.457. The van der Waals surface area contributed by atoms with Crippen molar-refractivity contribution in [3.05, 3.63) is 0 Å². The average Bonchev–Trinajstić information content (AvgIpc) is 2.37. The molecule has 0 spiro atoms. The Balaban J connectivity index is 0.00000324. The number of carbonyl (C=O) groups excluding carboxylic acids is 2. The van der Waals surface area contributed by atoms with Gasteiger partial charge >= 0.3 is 0 Å². The van der Waals surface area contributed by atoms with Crippen molar-refractivity contribution < 1.29 is 9.59 Å². The molecule has 1 heterocycles. The highest BCUT2D eigenvalue weighted by molar-refractivity contribution is 5.89. The van der Waals surface area contributed by atoms with Crippen LogP contribution in [0.1, 0.15) is 33.6 Å². The van der Waals surface area contributed by atoms with Crippen molar-refractivity contribution >= 4 is 24.2 Å². The summed E-state index contributed by atoms with van der Waals surface area (Å²) < 4.78 is 0. The van der Waals surface area contributed by atoms with Gasteiger partial charge in [-0.05, 0) is 40.2 Å². The molecule has 1 saturated heterocycles. The van der Waals surface area contributed by atoms with Gasteiger partial charge in [-0.1, -0.05) is 0 Å². The summed E-state index contributed by atoms with van der Waals surface area (Å²) in [5, 5.41) is 6.07. The second kappa shape index (κ2) is 7.70. The molecule has 0 saturated carbocycles. The molecule has 5 nitrogen and oxygen atoms in total. The van der Waals surface area contributed by atoms with Crippen molar-refractivity contribution in [2.75, 3.05) is 26.7 Å². The Bertz CT molecular complexity index is 317. The third-order valence-electron chi connectivity index (χ3n) is 3.71. The number of rotatable bonds is 4. The first-order valence-corrected chi connectivity index (χ1v) is 6.67. The van der Waals surface area contributed by atoms with E-state index < -0.39 is 11.5 Å². The Labute approximate surface area is 121 Å². The number of amides is 2. The molecule has 0 radical (unpaired) electrons. The molecule has 2 amide bonds. The third-order valence-corrected chi connectivity index (χ3v) is 3.71. The van der Waals surface area contributed by atoms with Gasteiger partial charge in [0, 0.05) is 20.1 Å². The van der Waals surface area contributed by atoms with Crippen LogP contribution in [0.3, 0.4) is 0 Å². The summed E-state index contributed by atoms with van der Waals surface area (Å²) in [5.74, 6) is -0.0710. The highest BCUT2D eigenvalue weighted by Crippen LogP contribution is 2.25. The maximum atomic E-state index is 12.2. The van der Waals surface area contributed by atoms with Gasteiger partial charge < -0.3 is 15.5 Å². The molecule has 0 aromatic carbocycles. The summed E-state index contributed by atoms with van der Waals surface area (Å²) in [7, 11) is 1.74. The first-order chi connectivity index (χ1) is 8.40. The van der Waals surface area contributed by atoms with Gasteiger partial charge in [-0.15, -0.1) is 12.4 Å². The van der Waals surface area contributed by atoms with Crippen LogP contribution in [0.15, 0.2) is 0 Å². The minimum atomic E-state index is -0.457. The van der Waals surface area contributed by atoms with E-state index in [0.29, 0.717) is 13.1 Å². The Morgan fingerprint density at radius 3 is 2.58 bits per heavy atom. The minimum absolute atomic E-state index is 0. The number of nitrogens with one attached hydrogen (secondary N) is 2. The molecule has 19 heavy (non-hydrogen) atoms. The molecule has 1 fully saturated rings. The van der Waals surface area contributed by atoms with Crippen LogP contribution < -0.4 is 10.6 Å². The zero-order chi connectivity index (χ0) is 13.8. The molecule has 0 aromatic rings. The molecule has 1 rings (SSSR count). The lowest BCUT2D eigenvalue weighted by molar-refractivity contribution is -0.138. The lowest BCUT2D eigenvalue weighted by Crippen LogP contribution is -2.53. The largest absolute Gasteiger partial charge is 0.344 e. The van der Waals surface area contributed by atoms with E-state index in [4.69, 9.17) is 0 Å². The van der Waals surface area contributed by atoms with Gasteiger partial charge in [0.2, 0.25) is 11.8 Å². The van der Waals surface area contributed by atoms with Crippen molar-refractivity contribution in [2.45, 2.75) is 39.7 Å². The van der Waals surface area contributed by atoms with Gasteiger partial charge in [0.05, 0.1) is 5.41 Å². The van der Waals surface area contributed by atoms with E-state index >= 15 is 0 Å². The lowest BCUT2D eigenvalue weighted by atomic mass is 9.81.